The summed E-state index contributed by atoms with van der Waals surface area (Å²) in [6.45, 7) is 4.05. The first-order chi connectivity index (χ1) is 10.6. The van der Waals surface area contributed by atoms with E-state index in [-0.39, 0.29) is 11.9 Å². The highest BCUT2D eigenvalue weighted by atomic mass is 16.5. The van der Waals surface area contributed by atoms with E-state index in [2.05, 4.69) is 36.5 Å². The molecule has 0 aliphatic heterocycles. The highest BCUT2D eigenvalue weighted by Gasteiger charge is 2.09. The quantitative estimate of drug-likeness (QED) is 0.880. The van der Waals surface area contributed by atoms with Crippen LogP contribution in [0.5, 0.6) is 5.75 Å². The average molecular weight is 297 g/mol. The van der Waals surface area contributed by atoms with Crippen LogP contribution in [0.25, 0.3) is 0 Å². The van der Waals surface area contributed by atoms with Crippen molar-refractivity contribution in [2.45, 2.75) is 32.7 Å². The minimum absolute atomic E-state index is 0.00331. The lowest BCUT2D eigenvalue weighted by Crippen LogP contribution is -2.26. The Hall–Kier alpha value is -2.29. The monoisotopic (exact) mass is 297 g/mol. The molecule has 1 atom stereocenters. The normalized spacial score (nSPS) is 11.8. The van der Waals surface area contributed by atoms with E-state index < -0.39 is 0 Å². The fraction of sp³-hybridized carbons (Fsp3) is 0.316. The second-order valence-electron chi connectivity index (χ2n) is 5.55. The Kier molecular flexibility index (Phi) is 5.59. The van der Waals surface area contributed by atoms with Crippen LogP contribution >= 0.6 is 0 Å². The van der Waals surface area contributed by atoms with Gasteiger partial charge in [-0.05, 0) is 43.5 Å². The molecule has 2 aromatic carbocycles. The van der Waals surface area contributed by atoms with Crippen molar-refractivity contribution in [3.05, 3.63) is 65.2 Å². The number of methoxy groups -OCH3 is 1. The molecule has 1 amide bonds. The van der Waals surface area contributed by atoms with E-state index in [4.69, 9.17) is 4.74 Å². The van der Waals surface area contributed by atoms with E-state index in [1.54, 1.807) is 7.11 Å². The Morgan fingerprint density at radius 3 is 2.32 bits per heavy atom. The minimum Gasteiger partial charge on any atom is -0.497 e. The molecule has 3 nitrogen and oxygen atoms in total. The molecule has 0 aromatic heterocycles. The summed E-state index contributed by atoms with van der Waals surface area (Å²) < 4.78 is 5.14. The van der Waals surface area contributed by atoms with Crippen LogP contribution in [0.4, 0.5) is 0 Å². The Morgan fingerprint density at radius 2 is 1.73 bits per heavy atom. The van der Waals surface area contributed by atoms with Gasteiger partial charge in [0, 0.05) is 6.42 Å². The Bertz CT molecular complexity index is 602. The number of carbonyl (C=O) groups is 1. The predicted molar refractivity (Wildman–Crippen MR) is 89.1 cm³/mol. The van der Waals surface area contributed by atoms with Crippen LogP contribution in [-0.2, 0) is 11.2 Å². The van der Waals surface area contributed by atoms with Crippen LogP contribution in [0.1, 0.15) is 36.1 Å². The summed E-state index contributed by atoms with van der Waals surface area (Å²) in [5.74, 6) is 0.894. The second kappa shape index (κ2) is 7.64. The van der Waals surface area contributed by atoms with Crippen LogP contribution in [0, 0.1) is 6.92 Å². The van der Waals surface area contributed by atoms with Gasteiger partial charge in [-0.3, -0.25) is 4.79 Å². The summed E-state index contributed by atoms with van der Waals surface area (Å²) in [5.41, 5.74) is 3.50. The number of carbonyl (C=O) groups excluding carboxylic acids is 1. The zero-order chi connectivity index (χ0) is 15.9. The van der Waals surface area contributed by atoms with Crippen LogP contribution in [0.15, 0.2) is 48.5 Å². The van der Waals surface area contributed by atoms with Gasteiger partial charge in [-0.1, -0.05) is 42.0 Å². The van der Waals surface area contributed by atoms with Gasteiger partial charge in [0.15, 0.2) is 0 Å². The Morgan fingerprint density at radius 1 is 1.09 bits per heavy atom. The third kappa shape index (κ3) is 4.62. The number of nitrogens with one attached hydrogen (secondary N) is 1. The van der Waals surface area contributed by atoms with E-state index in [0.29, 0.717) is 6.42 Å². The minimum atomic E-state index is -0.00331. The van der Waals surface area contributed by atoms with Crippen molar-refractivity contribution in [1.82, 2.24) is 5.32 Å². The van der Waals surface area contributed by atoms with Gasteiger partial charge in [0.2, 0.25) is 5.91 Å². The van der Waals surface area contributed by atoms with Gasteiger partial charge in [0.25, 0.3) is 0 Å². The number of rotatable bonds is 6. The third-order valence-electron chi connectivity index (χ3n) is 3.75. The molecule has 116 valence electrons. The van der Waals surface area contributed by atoms with Crippen LogP contribution in [0.2, 0.25) is 0 Å². The molecule has 0 spiro atoms. The fourth-order valence-corrected chi connectivity index (χ4v) is 2.30. The van der Waals surface area contributed by atoms with Gasteiger partial charge in [-0.25, -0.2) is 0 Å². The van der Waals surface area contributed by atoms with Crippen molar-refractivity contribution in [3.63, 3.8) is 0 Å². The molecule has 0 unspecified atom stereocenters. The lowest BCUT2D eigenvalue weighted by Gasteiger charge is -2.15. The molecular weight excluding hydrogens is 274 g/mol. The SMILES string of the molecule is COc1ccc([C@H](C)NC(=O)CCc2ccc(C)cc2)cc1. The molecule has 2 aromatic rings. The lowest BCUT2D eigenvalue weighted by atomic mass is 10.1. The molecule has 0 radical (unpaired) electrons. The molecule has 0 saturated carbocycles. The summed E-state index contributed by atoms with van der Waals surface area (Å²) in [5, 5.41) is 3.04. The maximum atomic E-state index is 12.1. The van der Waals surface area contributed by atoms with Crippen molar-refractivity contribution < 1.29 is 9.53 Å². The molecule has 22 heavy (non-hydrogen) atoms. The summed E-state index contributed by atoms with van der Waals surface area (Å²) in [6.07, 6.45) is 1.27. The first-order valence-electron chi connectivity index (χ1n) is 7.57. The van der Waals surface area contributed by atoms with Crippen molar-refractivity contribution in [1.29, 1.82) is 0 Å². The molecular formula is C19H23NO2. The van der Waals surface area contributed by atoms with Gasteiger partial charge in [-0.2, -0.15) is 0 Å². The van der Waals surface area contributed by atoms with Crippen LogP contribution < -0.4 is 10.1 Å². The molecule has 0 aliphatic rings. The van der Waals surface area contributed by atoms with Crippen LogP contribution in [0.3, 0.4) is 0 Å². The standard InChI is InChI=1S/C19H23NO2/c1-14-4-6-16(7-5-14)8-13-19(21)20-15(2)17-9-11-18(22-3)12-10-17/h4-7,9-12,15H,8,13H2,1-3H3,(H,20,21)/t15-/m0/s1. The molecule has 0 saturated heterocycles. The summed E-state index contributed by atoms with van der Waals surface area (Å²) >= 11 is 0. The molecule has 1 N–H and O–H groups in total. The van der Waals surface area contributed by atoms with E-state index in [1.807, 2.05) is 31.2 Å². The Balaban J connectivity index is 1.83. The zero-order valence-corrected chi connectivity index (χ0v) is 13.4. The number of hydrogen-bond donors (Lipinski definition) is 1. The highest BCUT2D eigenvalue weighted by molar-refractivity contribution is 5.76. The number of benzene rings is 2. The molecule has 0 fully saturated rings. The van der Waals surface area contributed by atoms with Gasteiger partial charge < -0.3 is 10.1 Å². The fourth-order valence-electron chi connectivity index (χ4n) is 2.30. The van der Waals surface area contributed by atoms with E-state index >= 15 is 0 Å². The molecule has 3 heteroatoms. The van der Waals surface area contributed by atoms with E-state index in [1.165, 1.54) is 11.1 Å². The van der Waals surface area contributed by atoms with Crippen LogP contribution in [-0.4, -0.2) is 13.0 Å². The first kappa shape index (κ1) is 16.1. The number of aryl methyl sites for hydroxylation is 2. The molecule has 0 aliphatic carbocycles. The van der Waals surface area contributed by atoms with Gasteiger partial charge in [-0.15, -0.1) is 0 Å². The molecule has 0 heterocycles. The predicted octanol–water partition coefficient (Wildman–Crippen LogP) is 3.81. The number of amides is 1. The van der Waals surface area contributed by atoms with Crippen molar-refractivity contribution in [3.8, 4) is 5.75 Å². The van der Waals surface area contributed by atoms with Gasteiger partial charge >= 0.3 is 0 Å². The van der Waals surface area contributed by atoms with Crippen molar-refractivity contribution >= 4 is 5.91 Å². The molecule has 0 bridgehead atoms. The lowest BCUT2D eigenvalue weighted by molar-refractivity contribution is -0.121. The summed E-state index contributed by atoms with van der Waals surface area (Å²) in [4.78, 5) is 12.1. The van der Waals surface area contributed by atoms with E-state index in [9.17, 15) is 4.79 Å². The smallest absolute Gasteiger partial charge is 0.220 e. The Labute approximate surface area is 132 Å². The highest BCUT2D eigenvalue weighted by Crippen LogP contribution is 2.17. The zero-order valence-electron chi connectivity index (χ0n) is 13.4. The average Bonchev–Trinajstić information content (AvgIpc) is 2.54. The summed E-state index contributed by atoms with van der Waals surface area (Å²) in [7, 11) is 1.64. The van der Waals surface area contributed by atoms with Crippen molar-refractivity contribution in [2.75, 3.05) is 7.11 Å². The van der Waals surface area contributed by atoms with Gasteiger partial charge in [0.05, 0.1) is 13.2 Å². The maximum absolute atomic E-state index is 12.1. The largest absolute Gasteiger partial charge is 0.497 e. The second-order valence-corrected chi connectivity index (χ2v) is 5.55. The number of hydrogen-bond acceptors (Lipinski definition) is 2. The first-order valence-corrected chi connectivity index (χ1v) is 7.57. The maximum Gasteiger partial charge on any atom is 0.220 e. The third-order valence-corrected chi connectivity index (χ3v) is 3.75. The number of ether oxygens (including phenoxy) is 1. The summed E-state index contributed by atoms with van der Waals surface area (Å²) in [6, 6.07) is 16.1. The topological polar surface area (TPSA) is 38.3 Å². The van der Waals surface area contributed by atoms with E-state index in [0.717, 1.165) is 17.7 Å². The van der Waals surface area contributed by atoms with Crippen molar-refractivity contribution in [2.24, 2.45) is 0 Å². The molecule has 2 rings (SSSR count). The van der Waals surface area contributed by atoms with Gasteiger partial charge in [0.1, 0.15) is 5.75 Å².